The van der Waals surface area contributed by atoms with Crippen LogP contribution in [-0.2, 0) is 6.42 Å². The third-order valence-electron chi connectivity index (χ3n) is 3.19. The lowest BCUT2D eigenvalue weighted by atomic mass is 10.3. The van der Waals surface area contributed by atoms with Crippen molar-refractivity contribution < 1.29 is 4.74 Å². The Hall–Kier alpha value is -2.07. The van der Waals surface area contributed by atoms with Gasteiger partial charge in [-0.2, -0.15) is 0 Å². The van der Waals surface area contributed by atoms with E-state index in [1.54, 1.807) is 6.20 Å². The van der Waals surface area contributed by atoms with Crippen LogP contribution in [0.2, 0.25) is 0 Å². The molecule has 4 nitrogen and oxygen atoms in total. The Labute approximate surface area is 128 Å². The first kappa shape index (κ1) is 13.9. The van der Waals surface area contributed by atoms with Gasteiger partial charge in [0.25, 0.3) is 0 Å². The van der Waals surface area contributed by atoms with Gasteiger partial charge in [0.1, 0.15) is 17.1 Å². The van der Waals surface area contributed by atoms with Crippen molar-refractivity contribution in [3.8, 4) is 11.4 Å². The second kappa shape index (κ2) is 6.14. The molecule has 0 amide bonds. The molecule has 0 aliphatic heterocycles. The van der Waals surface area contributed by atoms with E-state index < -0.39 is 0 Å². The first-order chi connectivity index (χ1) is 10.3. The fourth-order valence-corrected chi connectivity index (χ4v) is 2.53. The number of halogens is 1. The van der Waals surface area contributed by atoms with Crippen LogP contribution in [0.4, 0.5) is 0 Å². The van der Waals surface area contributed by atoms with Gasteiger partial charge in [-0.3, -0.25) is 4.57 Å². The Morgan fingerprint density at radius 3 is 2.95 bits per heavy atom. The average Bonchev–Trinajstić information content (AvgIpc) is 2.86. The van der Waals surface area contributed by atoms with Crippen LogP contribution in [0.1, 0.15) is 12.7 Å². The van der Waals surface area contributed by atoms with Crippen molar-refractivity contribution >= 4 is 22.8 Å². The molecule has 0 saturated heterocycles. The highest BCUT2D eigenvalue weighted by Crippen LogP contribution is 2.23. The van der Waals surface area contributed by atoms with Gasteiger partial charge in [-0.05, 0) is 31.2 Å². The maximum absolute atomic E-state index is 5.91. The standard InChI is InChI=1S/C16H16ClN3O/c1-2-21-13-6-3-5-12(11-13)20-15(8-9-17)19-14-7-4-10-18-16(14)20/h3-7,10-11H,2,8-9H2,1H3. The number of imidazole rings is 1. The summed E-state index contributed by atoms with van der Waals surface area (Å²) < 4.78 is 7.62. The average molecular weight is 302 g/mol. The molecule has 1 aromatic carbocycles. The Balaban J connectivity index is 2.17. The van der Waals surface area contributed by atoms with Crippen molar-refractivity contribution in [2.45, 2.75) is 13.3 Å². The van der Waals surface area contributed by atoms with Crippen molar-refractivity contribution in [1.29, 1.82) is 0 Å². The summed E-state index contributed by atoms with van der Waals surface area (Å²) in [5.74, 6) is 2.27. The number of rotatable bonds is 5. The van der Waals surface area contributed by atoms with E-state index in [0.717, 1.165) is 28.4 Å². The molecule has 2 aromatic heterocycles. The van der Waals surface area contributed by atoms with Gasteiger partial charge in [0.05, 0.1) is 12.3 Å². The van der Waals surface area contributed by atoms with Crippen LogP contribution in [0.3, 0.4) is 0 Å². The van der Waals surface area contributed by atoms with Gasteiger partial charge in [0, 0.05) is 24.6 Å². The molecule has 2 heterocycles. The van der Waals surface area contributed by atoms with Gasteiger partial charge in [0.15, 0.2) is 5.65 Å². The number of aryl methyl sites for hydroxylation is 1. The normalized spacial score (nSPS) is 11.0. The largest absolute Gasteiger partial charge is 0.494 e. The van der Waals surface area contributed by atoms with Crippen molar-refractivity contribution in [3.63, 3.8) is 0 Å². The number of pyridine rings is 1. The van der Waals surface area contributed by atoms with Crippen LogP contribution >= 0.6 is 11.6 Å². The fraction of sp³-hybridized carbons (Fsp3) is 0.250. The van der Waals surface area contributed by atoms with Gasteiger partial charge in [-0.1, -0.05) is 6.07 Å². The molecular weight excluding hydrogens is 286 g/mol. The van der Waals surface area contributed by atoms with Gasteiger partial charge < -0.3 is 4.74 Å². The minimum Gasteiger partial charge on any atom is -0.494 e. The third-order valence-corrected chi connectivity index (χ3v) is 3.38. The van der Waals surface area contributed by atoms with E-state index in [9.17, 15) is 0 Å². The lowest BCUT2D eigenvalue weighted by Gasteiger charge is -2.10. The summed E-state index contributed by atoms with van der Waals surface area (Å²) >= 11 is 5.91. The van der Waals surface area contributed by atoms with E-state index in [1.165, 1.54) is 0 Å². The molecular formula is C16H16ClN3O. The van der Waals surface area contributed by atoms with E-state index in [4.69, 9.17) is 16.3 Å². The number of fused-ring (bicyclic) bond motifs is 1. The zero-order chi connectivity index (χ0) is 14.7. The SMILES string of the molecule is CCOc1cccc(-n2c(CCCl)nc3cccnc32)c1. The number of alkyl halides is 1. The minimum absolute atomic E-state index is 0.522. The molecule has 3 rings (SSSR count). The molecule has 0 aliphatic rings. The molecule has 0 N–H and O–H groups in total. The maximum Gasteiger partial charge on any atom is 0.164 e. The summed E-state index contributed by atoms with van der Waals surface area (Å²) in [7, 11) is 0. The van der Waals surface area contributed by atoms with Crippen LogP contribution in [0.5, 0.6) is 5.75 Å². The van der Waals surface area contributed by atoms with Gasteiger partial charge in [0.2, 0.25) is 0 Å². The fourth-order valence-electron chi connectivity index (χ4n) is 2.36. The first-order valence-electron chi connectivity index (χ1n) is 6.95. The van der Waals surface area contributed by atoms with Gasteiger partial charge in [-0.25, -0.2) is 9.97 Å². The Kier molecular flexibility index (Phi) is 4.06. The second-order valence-corrected chi connectivity index (χ2v) is 4.96. The maximum atomic E-state index is 5.91. The van der Waals surface area contributed by atoms with Crippen LogP contribution < -0.4 is 4.74 Å². The van der Waals surface area contributed by atoms with E-state index in [-0.39, 0.29) is 0 Å². The third kappa shape index (κ3) is 2.72. The molecule has 0 unspecified atom stereocenters. The van der Waals surface area contributed by atoms with Crippen molar-refractivity contribution in [2.75, 3.05) is 12.5 Å². The molecule has 0 bridgehead atoms. The summed E-state index contributed by atoms with van der Waals surface area (Å²) in [4.78, 5) is 9.08. The van der Waals surface area contributed by atoms with E-state index in [1.807, 2.05) is 47.9 Å². The number of hydrogen-bond donors (Lipinski definition) is 0. The van der Waals surface area contributed by atoms with Gasteiger partial charge >= 0.3 is 0 Å². The first-order valence-corrected chi connectivity index (χ1v) is 7.48. The van der Waals surface area contributed by atoms with Crippen molar-refractivity contribution in [2.24, 2.45) is 0 Å². The Morgan fingerprint density at radius 1 is 1.24 bits per heavy atom. The molecule has 0 spiro atoms. The van der Waals surface area contributed by atoms with Crippen molar-refractivity contribution in [1.82, 2.24) is 14.5 Å². The second-order valence-electron chi connectivity index (χ2n) is 4.58. The zero-order valence-corrected chi connectivity index (χ0v) is 12.5. The number of hydrogen-bond acceptors (Lipinski definition) is 3. The molecule has 5 heteroatoms. The quantitative estimate of drug-likeness (QED) is 0.676. The Morgan fingerprint density at radius 2 is 2.14 bits per heavy atom. The smallest absolute Gasteiger partial charge is 0.164 e. The number of aromatic nitrogens is 3. The van der Waals surface area contributed by atoms with E-state index in [2.05, 4.69) is 9.97 Å². The Bertz CT molecular complexity index is 754. The lowest BCUT2D eigenvalue weighted by Crippen LogP contribution is -2.03. The highest BCUT2D eigenvalue weighted by Gasteiger charge is 2.13. The highest BCUT2D eigenvalue weighted by atomic mass is 35.5. The summed E-state index contributed by atoms with van der Waals surface area (Å²) in [6, 6.07) is 11.8. The molecule has 3 aromatic rings. The summed E-state index contributed by atoms with van der Waals surface area (Å²) in [6.45, 7) is 2.61. The topological polar surface area (TPSA) is 39.9 Å². The molecule has 0 fully saturated rings. The molecule has 0 aliphatic carbocycles. The van der Waals surface area contributed by atoms with Crippen LogP contribution in [0.25, 0.3) is 16.9 Å². The molecule has 21 heavy (non-hydrogen) atoms. The molecule has 0 atom stereocenters. The summed E-state index contributed by atoms with van der Waals surface area (Å²) in [5, 5.41) is 0. The van der Waals surface area contributed by atoms with E-state index in [0.29, 0.717) is 18.9 Å². The molecule has 108 valence electrons. The van der Waals surface area contributed by atoms with Crippen LogP contribution in [0.15, 0.2) is 42.6 Å². The van der Waals surface area contributed by atoms with E-state index >= 15 is 0 Å². The predicted molar refractivity (Wildman–Crippen MR) is 84.5 cm³/mol. The van der Waals surface area contributed by atoms with Crippen molar-refractivity contribution in [3.05, 3.63) is 48.4 Å². The van der Waals surface area contributed by atoms with Gasteiger partial charge in [-0.15, -0.1) is 11.6 Å². The lowest BCUT2D eigenvalue weighted by molar-refractivity contribution is 0.340. The molecule has 0 saturated carbocycles. The van der Waals surface area contributed by atoms with Crippen LogP contribution in [0, 0.1) is 0 Å². The predicted octanol–water partition coefficient (Wildman–Crippen LogP) is 3.60. The number of ether oxygens (including phenoxy) is 1. The zero-order valence-electron chi connectivity index (χ0n) is 11.8. The van der Waals surface area contributed by atoms with Crippen LogP contribution in [-0.4, -0.2) is 27.0 Å². The molecule has 0 radical (unpaired) electrons. The monoisotopic (exact) mass is 301 g/mol. The summed E-state index contributed by atoms with van der Waals surface area (Å²) in [6.07, 6.45) is 2.47. The highest BCUT2D eigenvalue weighted by molar-refractivity contribution is 6.17. The minimum atomic E-state index is 0.522. The number of benzene rings is 1. The number of nitrogens with zero attached hydrogens (tertiary/aromatic N) is 3. The summed E-state index contributed by atoms with van der Waals surface area (Å²) in [5.41, 5.74) is 2.70.